The molecular formula is C14H12FN3O3. The van der Waals surface area contributed by atoms with Gasteiger partial charge < -0.3 is 4.74 Å². The fourth-order valence-corrected chi connectivity index (χ4v) is 1.71. The number of aromatic nitrogens is 2. The Kier molecular flexibility index (Phi) is 4.51. The molecule has 0 saturated heterocycles. The van der Waals surface area contributed by atoms with Crippen LogP contribution in [0.25, 0.3) is 0 Å². The van der Waals surface area contributed by atoms with E-state index in [9.17, 15) is 14.0 Å². The van der Waals surface area contributed by atoms with Crippen LogP contribution in [-0.4, -0.2) is 16.2 Å². The Hall–Kier alpha value is -2.88. The number of hydrogen-bond donors (Lipinski definition) is 1. The topological polar surface area (TPSA) is 87.9 Å². The zero-order valence-corrected chi connectivity index (χ0v) is 11.0. The van der Waals surface area contributed by atoms with E-state index in [-0.39, 0.29) is 13.2 Å². The van der Waals surface area contributed by atoms with Crippen molar-refractivity contribution in [3.05, 3.63) is 62.7 Å². The third-order valence-electron chi connectivity index (χ3n) is 2.77. The van der Waals surface area contributed by atoms with Crippen molar-refractivity contribution in [1.82, 2.24) is 9.55 Å². The van der Waals surface area contributed by atoms with Gasteiger partial charge in [0.2, 0.25) is 5.82 Å². The van der Waals surface area contributed by atoms with Crippen molar-refractivity contribution in [2.45, 2.75) is 13.0 Å². The van der Waals surface area contributed by atoms with Crippen molar-refractivity contribution >= 4 is 0 Å². The van der Waals surface area contributed by atoms with Crippen LogP contribution in [-0.2, 0) is 13.0 Å². The van der Waals surface area contributed by atoms with Gasteiger partial charge in [-0.15, -0.1) is 0 Å². The minimum Gasteiger partial charge on any atom is -0.492 e. The SMILES string of the molecule is N#CCc1ccc(OCCn2cc(F)c(=O)[nH]c2=O)cc1. The zero-order valence-electron chi connectivity index (χ0n) is 11.0. The molecule has 2 aromatic rings. The fourth-order valence-electron chi connectivity index (χ4n) is 1.71. The molecule has 0 aliphatic heterocycles. The third kappa shape index (κ3) is 3.79. The molecule has 6 nitrogen and oxygen atoms in total. The lowest BCUT2D eigenvalue weighted by Gasteiger charge is -2.08. The summed E-state index contributed by atoms with van der Waals surface area (Å²) in [4.78, 5) is 24.1. The zero-order chi connectivity index (χ0) is 15.2. The van der Waals surface area contributed by atoms with E-state index in [4.69, 9.17) is 10.00 Å². The van der Waals surface area contributed by atoms with E-state index in [1.165, 1.54) is 0 Å². The number of H-pyrrole nitrogens is 1. The molecule has 1 aromatic heterocycles. The van der Waals surface area contributed by atoms with Crippen LogP contribution in [0.5, 0.6) is 5.75 Å². The number of nitriles is 1. The predicted octanol–water partition coefficient (Wildman–Crippen LogP) is 0.821. The number of hydrogen-bond acceptors (Lipinski definition) is 4. The molecule has 0 unspecified atom stereocenters. The largest absolute Gasteiger partial charge is 0.492 e. The van der Waals surface area contributed by atoms with Crippen molar-refractivity contribution in [2.24, 2.45) is 0 Å². The third-order valence-corrected chi connectivity index (χ3v) is 2.77. The molecule has 7 heteroatoms. The van der Waals surface area contributed by atoms with Gasteiger partial charge in [0.25, 0.3) is 5.56 Å². The summed E-state index contributed by atoms with van der Waals surface area (Å²) in [5.41, 5.74) is -0.844. The molecule has 1 heterocycles. The summed E-state index contributed by atoms with van der Waals surface area (Å²) < 4.78 is 19.5. The molecule has 0 atom stereocenters. The molecular weight excluding hydrogens is 277 g/mol. The fraction of sp³-hybridized carbons (Fsp3) is 0.214. The average molecular weight is 289 g/mol. The Labute approximate surface area is 119 Å². The van der Waals surface area contributed by atoms with E-state index in [2.05, 4.69) is 0 Å². The van der Waals surface area contributed by atoms with E-state index in [1.54, 1.807) is 24.3 Å². The van der Waals surface area contributed by atoms with Crippen LogP contribution in [0.4, 0.5) is 4.39 Å². The molecule has 21 heavy (non-hydrogen) atoms. The summed E-state index contributed by atoms with van der Waals surface area (Å²) in [6, 6.07) is 9.00. The summed E-state index contributed by atoms with van der Waals surface area (Å²) in [6.45, 7) is 0.246. The minimum absolute atomic E-state index is 0.104. The van der Waals surface area contributed by atoms with Crippen LogP contribution >= 0.6 is 0 Å². The molecule has 0 amide bonds. The number of aromatic amines is 1. The smallest absolute Gasteiger partial charge is 0.328 e. The summed E-state index contributed by atoms with van der Waals surface area (Å²) >= 11 is 0. The van der Waals surface area contributed by atoms with Crippen LogP contribution < -0.4 is 16.0 Å². The normalized spacial score (nSPS) is 10.1. The Morgan fingerprint density at radius 1 is 1.29 bits per heavy atom. The Morgan fingerprint density at radius 3 is 2.67 bits per heavy atom. The lowest BCUT2D eigenvalue weighted by molar-refractivity contribution is 0.294. The first-order valence-electron chi connectivity index (χ1n) is 6.18. The molecule has 0 fully saturated rings. The van der Waals surface area contributed by atoms with Gasteiger partial charge >= 0.3 is 5.69 Å². The second-order valence-corrected chi connectivity index (χ2v) is 4.26. The van der Waals surface area contributed by atoms with Crippen molar-refractivity contribution in [2.75, 3.05) is 6.61 Å². The van der Waals surface area contributed by atoms with Gasteiger partial charge in [-0.05, 0) is 17.7 Å². The first-order valence-corrected chi connectivity index (χ1v) is 6.18. The number of halogens is 1. The minimum atomic E-state index is -1.04. The molecule has 0 bridgehead atoms. The first kappa shape index (κ1) is 14.5. The molecule has 1 aromatic carbocycles. The van der Waals surface area contributed by atoms with Crippen LogP contribution in [0.2, 0.25) is 0 Å². The van der Waals surface area contributed by atoms with E-state index in [0.29, 0.717) is 12.2 Å². The predicted molar refractivity (Wildman–Crippen MR) is 72.5 cm³/mol. The Morgan fingerprint density at radius 2 is 2.00 bits per heavy atom. The van der Waals surface area contributed by atoms with Crippen LogP contribution in [0.3, 0.4) is 0 Å². The highest BCUT2D eigenvalue weighted by molar-refractivity contribution is 5.28. The van der Waals surface area contributed by atoms with Crippen LogP contribution in [0.1, 0.15) is 5.56 Å². The van der Waals surface area contributed by atoms with E-state index in [0.717, 1.165) is 16.3 Å². The van der Waals surface area contributed by atoms with Gasteiger partial charge in [-0.2, -0.15) is 9.65 Å². The standard InChI is InChI=1S/C14H12FN3O3/c15-12-9-18(14(20)17-13(12)19)7-8-21-11-3-1-10(2-4-11)5-6-16/h1-4,9H,5,7-8H2,(H,17,19,20). The highest BCUT2D eigenvalue weighted by Crippen LogP contribution is 2.12. The quantitative estimate of drug-likeness (QED) is 0.882. The highest BCUT2D eigenvalue weighted by atomic mass is 19.1. The van der Waals surface area contributed by atoms with Crippen molar-refractivity contribution in [1.29, 1.82) is 5.26 Å². The van der Waals surface area contributed by atoms with Gasteiger partial charge in [-0.25, -0.2) is 4.79 Å². The van der Waals surface area contributed by atoms with Crippen molar-refractivity contribution in [3.8, 4) is 11.8 Å². The molecule has 2 rings (SSSR count). The first-order chi connectivity index (χ1) is 10.1. The lowest BCUT2D eigenvalue weighted by Crippen LogP contribution is -2.32. The number of ether oxygens (including phenoxy) is 1. The Balaban J connectivity index is 1.95. The molecule has 0 spiro atoms. The maximum Gasteiger partial charge on any atom is 0.328 e. The Bertz CT molecular complexity index is 772. The van der Waals surface area contributed by atoms with Crippen LogP contribution in [0.15, 0.2) is 40.1 Å². The lowest BCUT2D eigenvalue weighted by atomic mass is 10.2. The number of rotatable bonds is 5. The molecule has 0 aliphatic carbocycles. The van der Waals surface area contributed by atoms with Gasteiger partial charge in [-0.3, -0.25) is 14.3 Å². The van der Waals surface area contributed by atoms with Gasteiger partial charge in [0.15, 0.2) is 0 Å². The highest BCUT2D eigenvalue weighted by Gasteiger charge is 2.03. The second kappa shape index (κ2) is 6.52. The van der Waals surface area contributed by atoms with Crippen LogP contribution in [0, 0.1) is 17.1 Å². The number of benzene rings is 1. The molecule has 1 N–H and O–H groups in total. The van der Waals surface area contributed by atoms with E-state index in [1.807, 2.05) is 11.1 Å². The van der Waals surface area contributed by atoms with Gasteiger partial charge in [-0.1, -0.05) is 12.1 Å². The van der Waals surface area contributed by atoms with Gasteiger partial charge in [0.1, 0.15) is 12.4 Å². The molecule has 0 aliphatic rings. The van der Waals surface area contributed by atoms with Gasteiger partial charge in [0, 0.05) is 0 Å². The number of nitrogens with zero attached hydrogens (tertiary/aromatic N) is 2. The van der Waals surface area contributed by atoms with E-state index < -0.39 is 17.1 Å². The van der Waals surface area contributed by atoms with Crippen molar-refractivity contribution < 1.29 is 9.13 Å². The average Bonchev–Trinajstić information content (AvgIpc) is 2.46. The van der Waals surface area contributed by atoms with Crippen molar-refractivity contribution in [3.63, 3.8) is 0 Å². The second-order valence-electron chi connectivity index (χ2n) is 4.26. The summed E-state index contributed by atoms with van der Waals surface area (Å²) in [6.07, 6.45) is 1.17. The summed E-state index contributed by atoms with van der Waals surface area (Å²) in [7, 11) is 0. The maximum atomic E-state index is 13.1. The molecule has 0 radical (unpaired) electrons. The maximum absolute atomic E-state index is 13.1. The number of nitrogens with one attached hydrogen (secondary N) is 1. The molecule has 0 saturated carbocycles. The van der Waals surface area contributed by atoms with E-state index >= 15 is 0 Å². The monoisotopic (exact) mass is 289 g/mol. The molecule has 108 valence electrons. The summed E-state index contributed by atoms with van der Waals surface area (Å²) in [5, 5.41) is 8.55. The van der Waals surface area contributed by atoms with Gasteiger partial charge in [0.05, 0.1) is 25.2 Å². The summed E-state index contributed by atoms with van der Waals surface area (Å²) in [5.74, 6) is -0.440.